The third-order valence-electron chi connectivity index (χ3n) is 3.09. The largest absolute Gasteiger partial charge is 0.459 e. The summed E-state index contributed by atoms with van der Waals surface area (Å²) in [4.78, 5) is 24.8. The summed E-state index contributed by atoms with van der Waals surface area (Å²) < 4.78 is 10.8. The Morgan fingerprint density at radius 2 is 1.45 bits per heavy atom. The number of halogens is 1. The quantitative estimate of drug-likeness (QED) is 0.454. The smallest absolute Gasteiger partial charge is 0.324 e. The van der Waals surface area contributed by atoms with Gasteiger partial charge in [-0.1, -0.05) is 0 Å². The van der Waals surface area contributed by atoms with Crippen molar-refractivity contribution in [3.05, 3.63) is 0 Å². The van der Waals surface area contributed by atoms with Gasteiger partial charge >= 0.3 is 11.9 Å². The Kier molecular flexibility index (Phi) is 4.79. The van der Waals surface area contributed by atoms with E-state index in [-0.39, 0.29) is 5.92 Å². The average molecular weight is 305 g/mol. The van der Waals surface area contributed by atoms with Crippen LogP contribution in [0.4, 0.5) is 0 Å². The van der Waals surface area contributed by atoms with E-state index in [1.54, 1.807) is 41.5 Å². The molecule has 0 aromatic heterocycles. The average Bonchev–Trinajstić information content (AvgIpc) is 2.88. The minimum atomic E-state index is -1.16. The Bertz CT molecular complexity index is 362. The maximum atomic E-state index is 12.4. The number of hydrogen-bond donors (Lipinski definition) is 0. The lowest BCUT2D eigenvalue weighted by Gasteiger charge is -2.27. The van der Waals surface area contributed by atoms with Gasteiger partial charge in [-0.2, -0.15) is 0 Å². The first-order chi connectivity index (χ1) is 8.92. The highest BCUT2D eigenvalue weighted by atomic mass is 35.5. The van der Waals surface area contributed by atoms with Gasteiger partial charge in [0.2, 0.25) is 0 Å². The molecule has 1 aliphatic rings. The summed E-state index contributed by atoms with van der Waals surface area (Å²) in [5.41, 5.74) is -2.41. The Morgan fingerprint density at radius 1 is 1.05 bits per heavy atom. The Hall–Kier alpha value is -0.770. The lowest BCUT2D eigenvalue weighted by molar-refractivity contribution is -0.178. The van der Waals surface area contributed by atoms with Gasteiger partial charge in [-0.25, -0.2) is 0 Å². The van der Waals surface area contributed by atoms with Crippen molar-refractivity contribution >= 4 is 23.5 Å². The van der Waals surface area contributed by atoms with E-state index in [4.69, 9.17) is 21.1 Å². The monoisotopic (exact) mass is 304 g/mol. The third kappa shape index (κ3) is 4.11. The van der Waals surface area contributed by atoms with Gasteiger partial charge in [0.1, 0.15) is 11.2 Å². The molecule has 116 valence electrons. The fourth-order valence-electron chi connectivity index (χ4n) is 2.13. The van der Waals surface area contributed by atoms with Crippen LogP contribution in [0, 0.1) is 11.3 Å². The summed E-state index contributed by atoms with van der Waals surface area (Å²) in [6.45, 7) is 10.7. The summed E-state index contributed by atoms with van der Waals surface area (Å²) in [5.74, 6) is -0.647. The van der Waals surface area contributed by atoms with Crippen LogP contribution in [0.1, 0.15) is 54.4 Å². The maximum absolute atomic E-state index is 12.4. The van der Waals surface area contributed by atoms with Crippen molar-refractivity contribution in [2.45, 2.75) is 65.6 Å². The van der Waals surface area contributed by atoms with Crippen molar-refractivity contribution in [1.82, 2.24) is 0 Å². The number of ether oxygens (including phenoxy) is 2. The molecule has 1 fully saturated rings. The standard InChI is InChI=1S/C15H25ClO4/c1-13(2,3)19-11(17)15(9-10(15)7-8-16)12(18)20-14(4,5)6/h10H,7-9H2,1-6H3/t10-/m1/s1. The van der Waals surface area contributed by atoms with Crippen LogP contribution in [0.5, 0.6) is 0 Å². The van der Waals surface area contributed by atoms with E-state index in [2.05, 4.69) is 0 Å². The molecular formula is C15H25ClO4. The molecule has 1 atom stereocenters. The summed E-state index contributed by atoms with van der Waals surface area (Å²) in [6, 6.07) is 0. The minimum Gasteiger partial charge on any atom is -0.459 e. The minimum absolute atomic E-state index is 0.0790. The molecule has 5 heteroatoms. The summed E-state index contributed by atoms with van der Waals surface area (Å²) >= 11 is 5.74. The van der Waals surface area contributed by atoms with E-state index < -0.39 is 28.6 Å². The Labute approximate surface area is 126 Å². The molecule has 0 heterocycles. The van der Waals surface area contributed by atoms with Crippen molar-refractivity contribution in [3.63, 3.8) is 0 Å². The molecule has 0 aromatic carbocycles. The van der Waals surface area contributed by atoms with Crippen LogP contribution in [0.3, 0.4) is 0 Å². The first kappa shape index (κ1) is 17.3. The van der Waals surface area contributed by atoms with Crippen LogP contribution in [-0.2, 0) is 19.1 Å². The lowest BCUT2D eigenvalue weighted by atomic mass is 10.0. The van der Waals surface area contributed by atoms with Crippen molar-refractivity contribution in [2.24, 2.45) is 11.3 Å². The normalized spacial score (nSPS) is 21.2. The molecule has 0 radical (unpaired) electrons. The molecule has 4 nitrogen and oxygen atoms in total. The highest BCUT2D eigenvalue weighted by Crippen LogP contribution is 2.57. The second-order valence-corrected chi connectivity index (χ2v) is 7.73. The van der Waals surface area contributed by atoms with Crippen LogP contribution in [0.25, 0.3) is 0 Å². The summed E-state index contributed by atoms with van der Waals surface area (Å²) in [7, 11) is 0. The predicted molar refractivity (Wildman–Crippen MR) is 77.6 cm³/mol. The molecule has 0 aromatic rings. The van der Waals surface area contributed by atoms with Crippen molar-refractivity contribution in [1.29, 1.82) is 0 Å². The van der Waals surface area contributed by atoms with Gasteiger partial charge in [0, 0.05) is 5.88 Å². The zero-order valence-electron chi connectivity index (χ0n) is 13.2. The van der Waals surface area contributed by atoms with Gasteiger partial charge in [0.15, 0.2) is 5.41 Å². The van der Waals surface area contributed by atoms with E-state index in [9.17, 15) is 9.59 Å². The molecule has 20 heavy (non-hydrogen) atoms. The van der Waals surface area contributed by atoms with Crippen molar-refractivity contribution in [2.75, 3.05) is 5.88 Å². The number of rotatable bonds is 4. The highest BCUT2D eigenvalue weighted by Gasteiger charge is 2.68. The van der Waals surface area contributed by atoms with E-state index in [0.29, 0.717) is 18.7 Å². The Balaban J connectivity index is 2.90. The Morgan fingerprint density at radius 3 is 1.75 bits per heavy atom. The third-order valence-corrected chi connectivity index (χ3v) is 3.31. The number of carbonyl (C=O) groups excluding carboxylic acids is 2. The summed E-state index contributed by atoms with van der Waals surface area (Å²) in [6.07, 6.45) is 1.07. The van der Waals surface area contributed by atoms with Crippen LogP contribution in [0.15, 0.2) is 0 Å². The topological polar surface area (TPSA) is 52.6 Å². The van der Waals surface area contributed by atoms with Gasteiger partial charge in [0.25, 0.3) is 0 Å². The molecule has 0 unspecified atom stereocenters. The molecule has 0 N–H and O–H groups in total. The first-order valence-electron chi connectivity index (χ1n) is 6.95. The van der Waals surface area contributed by atoms with Gasteiger partial charge in [-0.05, 0) is 60.3 Å². The summed E-state index contributed by atoms with van der Waals surface area (Å²) in [5, 5.41) is 0. The van der Waals surface area contributed by atoms with Gasteiger partial charge < -0.3 is 9.47 Å². The molecule has 1 saturated carbocycles. The number of alkyl halides is 1. The van der Waals surface area contributed by atoms with Gasteiger partial charge in [0.05, 0.1) is 0 Å². The van der Waals surface area contributed by atoms with E-state index in [1.807, 2.05) is 0 Å². The molecule has 0 amide bonds. The van der Waals surface area contributed by atoms with Crippen molar-refractivity contribution in [3.8, 4) is 0 Å². The van der Waals surface area contributed by atoms with E-state index >= 15 is 0 Å². The van der Waals surface area contributed by atoms with E-state index in [1.165, 1.54) is 0 Å². The molecule has 0 aliphatic heterocycles. The van der Waals surface area contributed by atoms with Crippen LogP contribution in [0.2, 0.25) is 0 Å². The number of carbonyl (C=O) groups is 2. The number of esters is 2. The van der Waals surface area contributed by atoms with Crippen LogP contribution in [-0.4, -0.2) is 29.0 Å². The first-order valence-corrected chi connectivity index (χ1v) is 7.49. The van der Waals surface area contributed by atoms with Gasteiger partial charge in [-0.3, -0.25) is 9.59 Å². The molecule has 0 bridgehead atoms. The fourth-order valence-corrected chi connectivity index (χ4v) is 2.39. The molecule has 0 saturated heterocycles. The lowest BCUT2D eigenvalue weighted by Crippen LogP contribution is -2.39. The molecule has 0 spiro atoms. The van der Waals surface area contributed by atoms with Crippen molar-refractivity contribution < 1.29 is 19.1 Å². The predicted octanol–water partition coefficient (Wildman–Crippen LogP) is 3.31. The highest BCUT2D eigenvalue weighted by molar-refractivity contribution is 6.18. The molecule has 1 aliphatic carbocycles. The molecular weight excluding hydrogens is 280 g/mol. The number of hydrogen-bond acceptors (Lipinski definition) is 4. The van der Waals surface area contributed by atoms with Gasteiger partial charge in [-0.15, -0.1) is 11.6 Å². The zero-order chi connectivity index (χ0) is 15.8. The van der Waals surface area contributed by atoms with Crippen LogP contribution >= 0.6 is 11.6 Å². The fraction of sp³-hybridized carbons (Fsp3) is 0.867. The SMILES string of the molecule is CC(C)(C)OC(=O)C1(C(=O)OC(C)(C)C)C[C@H]1CCCl. The second kappa shape index (κ2) is 5.55. The second-order valence-electron chi connectivity index (χ2n) is 7.35. The van der Waals surface area contributed by atoms with E-state index in [0.717, 1.165) is 0 Å². The maximum Gasteiger partial charge on any atom is 0.324 e. The molecule has 1 rings (SSSR count). The van der Waals surface area contributed by atoms with Crippen LogP contribution < -0.4 is 0 Å². The zero-order valence-corrected chi connectivity index (χ0v) is 14.0.